The van der Waals surface area contributed by atoms with Crippen LogP contribution in [0.25, 0.3) is 10.9 Å². The van der Waals surface area contributed by atoms with Gasteiger partial charge in [0.15, 0.2) is 0 Å². The molecule has 2 fully saturated rings. The van der Waals surface area contributed by atoms with Crippen molar-refractivity contribution >= 4 is 28.4 Å². The standard InChI is InChI=1S/C23H28N6O/c1-30-19-8-6-17-14-26-23(28-22(17)21(19)16-4-2-3-5-16)27-20-9-7-18(15-25-20)29-12-10-24-11-13-29/h6-9,14-16,24H,2-5,10-13H2,1H3,(H,25,26,27,28). The molecule has 0 amide bonds. The maximum atomic E-state index is 5.69. The van der Waals surface area contributed by atoms with Gasteiger partial charge in [-0.15, -0.1) is 0 Å². The number of nitrogens with zero attached hydrogens (tertiary/aromatic N) is 4. The number of pyridine rings is 1. The van der Waals surface area contributed by atoms with Crippen molar-refractivity contribution in [1.82, 2.24) is 20.3 Å². The highest BCUT2D eigenvalue weighted by Crippen LogP contribution is 2.42. The van der Waals surface area contributed by atoms with Crippen LogP contribution in [0.15, 0.2) is 36.7 Å². The molecule has 0 unspecified atom stereocenters. The smallest absolute Gasteiger partial charge is 0.228 e. The molecule has 0 bridgehead atoms. The molecule has 1 saturated carbocycles. The largest absolute Gasteiger partial charge is 0.496 e. The van der Waals surface area contributed by atoms with Crippen LogP contribution in [0.3, 0.4) is 0 Å². The molecule has 0 radical (unpaired) electrons. The van der Waals surface area contributed by atoms with E-state index in [2.05, 4.69) is 31.6 Å². The third-order valence-corrected chi connectivity index (χ3v) is 6.21. The molecule has 1 saturated heterocycles. The third kappa shape index (κ3) is 3.77. The molecule has 3 aromatic rings. The van der Waals surface area contributed by atoms with Gasteiger partial charge in [0.2, 0.25) is 5.95 Å². The Morgan fingerprint density at radius 3 is 2.60 bits per heavy atom. The highest BCUT2D eigenvalue weighted by atomic mass is 16.5. The van der Waals surface area contributed by atoms with Gasteiger partial charge in [-0.05, 0) is 43.0 Å². The molecule has 7 heteroatoms. The van der Waals surface area contributed by atoms with Gasteiger partial charge in [-0.3, -0.25) is 0 Å². The van der Waals surface area contributed by atoms with Crippen LogP contribution in [-0.4, -0.2) is 48.2 Å². The summed E-state index contributed by atoms with van der Waals surface area (Å²) in [5.74, 6) is 2.75. The first-order valence-electron chi connectivity index (χ1n) is 10.8. The molecule has 0 spiro atoms. The number of fused-ring (bicyclic) bond motifs is 1. The Bertz CT molecular complexity index is 1010. The highest BCUT2D eigenvalue weighted by molar-refractivity contribution is 5.85. The zero-order valence-corrected chi connectivity index (χ0v) is 17.4. The van der Waals surface area contributed by atoms with Gasteiger partial charge >= 0.3 is 0 Å². The minimum atomic E-state index is 0.503. The predicted octanol–water partition coefficient (Wildman–Crippen LogP) is 3.84. The molecule has 1 aromatic carbocycles. The number of hydrogen-bond donors (Lipinski definition) is 2. The second-order valence-corrected chi connectivity index (χ2v) is 8.06. The SMILES string of the molecule is COc1ccc2cnc(Nc3ccc(N4CCNCC4)cn3)nc2c1C1CCCC1. The molecular formula is C23H28N6O. The lowest BCUT2D eigenvalue weighted by Gasteiger charge is -2.29. The summed E-state index contributed by atoms with van der Waals surface area (Å²) in [6.07, 6.45) is 8.72. The summed E-state index contributed by atoms with van der Waals surface area (Å²) in [7, 11) is 1.74. The Labute approximate surface area is 176 Å². The first kappa shape index (κ1) is 19.1. The summed E-state index contributed by atoms with van der Waals surface area (Å²) >= 11 is 0. The Hall–Kier alpha value is -2.93. The van der Waals surface area contributed by atoms with E-state index in [0.717, 1.165) is 54.3 Å². The Kier molecular flexibility index (Phi) is 5.36. The molecular weight excluding hydrogens is 376 g/mol. The number of anilines is 3. The second kappa shape index (κ2) is 8.44. The maximum Gasteiger partial charge on any atom is 0.228 e. The van der Waals surface area contributed by atoms with E-state index in [1.807, 2.05) is 30.6 Å². The van der Waals surface area contributed by atoms with Crippen molar-refractivity contribution in [1.29, 1.82) is 0 Å². The quantitative estimate of drug-likeness (QED) is 0.669. The van der Waals surface area contributed by atoms with Crippen LogP contribution in [0.5, 0.6) is 5.75 Å². The van der Waals surface area contributed by atoms with Crippen molar-refractivity contribution < 1.29 is 4.74 Å². The number of methoxy groups -OCH3 is 1. The van der Waals surface area contributed by atoms with Crippen LogP contribution >= 0.6 is 0 Å². The van der Waals surface area contributed by atoms with E-state index in [0.29, 0.717) is 11.9 Å². The summed E-state index contributed by atoms with van der Waals surface area (Å²) in [5, 5.41) is 7.70. The van der Waals surface area contributed by atoms with Crippen LogP contribution < -0.4 is 20.3 Å². The molecule has 30 heavy (non-hydrogen) atoms. The summed E-state index contributed by atoms with van der Waals surface area (Å²) in [6.45, 7) is 4.04. The lowest BCUT2D eigenvalue weighted by molar-refractivity contribution is 0.406. The first-order valence-corrected chi connectivity index (χ1v) is 10.8. The zero-order valence-electron chi connectivity index (χ0n) is 17.4. The Morgan fingerprint density at radius 1 is 1.03 bits per heavy atom. The molecule has 2 aliphatic rings. The minimum Gasteiger partial charge on any atom is -0.496 e. The van der Waals surface area contributed by atoms with Gasteiger partial charge < -0.3 is 20.3 Å². The predicted molar refractivity (Wildman–Crippen MR) is 120 cm³/mol. The highest BCUT2D eigenvalue weighted by Gasteiger charge is 2.24. The normalized spacial score (nSPS) is 17.4. The molecule has 0 atom stereocenters. The number of ether oxygens (including phenoxy) is 1. The molecule has 1 aliphatic carbocycles. The van der Waals surface area contributed by atoms with E-state index in [-0.39, 0.29) is 0 Å². The topological polar surface area (TPSA) is 75.2 Å². The Morgan fingerprint density at radius 2 is 1.87 bits per heavy atom. The van der Waals surface area contributed by atoms with Gasteiger partial charge in [-0.25, -0.2) is 15.0 Å². The third-order valence-electron chi connectivity index (χ3n) is 6.21. The van der Waals surface area contributed by atoms with Gasteiger partial charge in [-0.2, -0.15) is 0 Å². The zero-order chi connectivity index (χ0) is 20.3. The molecule has 5 rings (SSSR count). The van der Waals surface area contributed by atoms with Crippen molar-refractivity contribution in [2.24, 2.45) is 0 Å². The number of aromatic nitrogens is 3. The van der Waals surface area contributed by atoms with Crippen molar-refractivity contribution in [3.05, 3.63) is 42.2 Å². The van der Waals surface area contributed by atoms with Crippen LogP contribution in [0.2, 0.25) is 0 Å². The summed E-state index contributed by atoms with van der Waals surface area (Å²) in [4.78, 5) is 16.3. The number of nitrogens with one attached hydrogen (secondary N) is 2. The van der Waals surface area contributed by atoms with Crippen LogP contribution in [0.1, 0.15) is 37.2 Å². The molecule has 7 nitrogen and oxygen atoms in total. The molecule has 2 N–H and O–H groups in total. The van der Waals surface area contributed by atoms with Gasteiger partial charge in [0.1, 0.15) is 11.6 Å². The minimum absolute atomic E-state index is 0.503. The Balaban J connectivity index is 1.42. The second-order valence-electron chi connectivity index (χ2n) is 8.06. The van der Waals surface area contributed by atoms with Crippen molar-refractivity contribution in [3.8, 4) is 5.75 Å². The van der Waals surface area contributed by atoms with E-state index >= 15 is 0 Å². The number of benzene rings is 1. The van der Waals surface area contributed by atoms with Gasteiger partial charge in [0, 0.05) is 43.3 Å². The van der Waals surface area contributed by atoms with Gasteiger partial charge in [0.25, 0.3) is 0 Å². The van der Waals surface area contributed by atoms with Crippen LogP contribution in [-0.2, 0) is 0 Å². The fraction of sp³-hybridized carbons (Fsp3) is 0.435. The van der Waals surface area contributed by atoms with E-state index < -0.39 is 0 Å². The van der Waals surface area contributed by atoms with Crippen molar-refractivity contribution in [2.75, 3.05) is 43.5 Å². The lowest BCUT2D eigenvalue weighted by atomic mass is 9.94. The van der Waals surface area contributed by atoms with E-state index in [9.17, 15) is 0 Å². The fourth-order valence-corrected chi connectivity index (χ4v) is 4.63. The molecule has 156 valence electrons. The van der Waals surface area contributed by atoms with Gasteiger partial charge in [0.05, 0.1) is 24.5 Å². The fourth-order valence-electron chi connectivity index (χ4n) is 4.63. The summed E-state index contributed by atoms with van der Waals surface area (Å²) in [6, 6.07) is 8.18. The van der Waals surface area contributed by atoms with Crippen molar-refractivity contribution in [3.63, 3.8) is 0 Å². The maximum absolute atomic E-state index is 5.69. The number of rotatable bonds is 5. The van der Waals surface area contributed by atoms with E-state index in [4.69, 9.17) is 9.72 Å². The monoisotopic (exact) mass is 404 g/mol. The van der Waals surface area contributed by atoms with Crippen LogP contribution in [0.4, 0.5) is 17.5 Å². The number of piperazine rings is 1. The molecule has 1 aliphatic heterocycles. The van der Waals surface area contributed by atoms with Crippen LogP contribution in [0, 0.1) is 0 Å². The average Bonchev–Trinajstić information content (AvgIpc) is 3.34. The average molecular weight is 405 g/mol. The van der Waals surface area contributed by atoms with Gasteiger partial charge in [-0.1, -0.05) is 12.8 Å². The lowest BCUT2D eigenvalue weighted by Crippen LogP contribution is -2.43. The van der Waals surface area contributed by atoms with Crippen molar-refractivity contribution in [2.45, 2.75) is 31.6 Å². The van der Waals surface area contributed by atoms with E-state index in [1.54, 1.807) is 7.11 Å². The first-order chi connectivity index (χ1) is 14.8. The van der Waals surface area contributed by atoms with E-state index in [1.165, 1.54) is 31.2 Å². The summed E-state index contributed by atoms with van der Waals surface area (Å²) in [5.41, 5.74) is 3.35. The number of hydrogen-bond acceptors (Lipinski definition) is 7. The molecule has 3 heterocycles. The summed E-state index contributed by atoms with van der Waals surface area (Å²) < 4.78 is 5.69. The molecule has 2 aromatic heterocycles.